The van der Waals surface area contributed by atoms with Crippen LogP contribution in [0.25, 0.3) is 0 Å². The molecule has 0 amide bonds. The molecule has 8 rings (SSSR count). The van der Waals surface area contributed by atoms with Gasteiger partial charge < -0.3 is 29.2 Å². The van der Waals surface area contributed by atoms with E-state index in [9.17, 15) is 19.8 Å². The van der Waals surface area contributed by atoms with Crippen molar-refractivity contribution in [2.75, 3.05) is 0 Å². The minimum Gasteiger partial charge on any atom is -0.481 e. The van der Waals surface area contributed by atoms with Gasteiger partial charge in [-0.25, -0.2) is 0 Å². The van der Waals surface area contributed by atoms with Gasteiger partial charge in [0, 0.05) is 11.8 Å². The van der Waals surface area contributed by atoms with Gasteiger partial charge in [0.25, 0.3) is 0 Å². The number of epoxide rings is 4. The Balaban J connectivity index is 0.000000128. The summed E-state index contributed by atoms with van der Waals surface area (Å²) in [5, 5.41) is 19.7. The molecule has 4 saturated heterocycles. The maximum absolute atomic E-state index is 12.2. The quantitative estimate of drug-likeness (QED) is 0.444. The molecular formula is C30H44O8. The first kappa shape index (κ1) is 25.7. The Morgan fingerprint density at radius 2 is 1.45 bits per heavy atom. The van der Waals surface area contributed by atoms with Crippen molar-refractivity contribution in [2.45, 2.75) is 146 Å². The Hall–Kier alpha value is -1.22. The fourth-order valence-corrected chi connectivity index (χ4v) is 9.34. The summed E-state index contributed by atoms with van der Waals surface area (Å²) in [6, 6.07) is 0. The number of carboxylic acids is 2. The first-order valence-corrected chi connectivity index (χ1v) is 15.2. The minimum absolute atomic E-state index is 0.239. The second-order valence-corrected chi connectivity index (χ2v) is 14.4. The highest BCUT2D eigenvalue weighted by molar-refractivity contribution is 5.77. The van der Waals surface area contributed by atoms with Gasteiger partial charge in [-0.1, -0.05) is 46.0 Å². The van der Waals surface area contributed by atoms with Gasteiger partial charge in [-0.15, -0.1) is 0 Å². The maximum Gasteiger partial charge on any atom is 0.310 e. The molecule has 0 bridgehead atoms. The zero-order valence-electron chi connectivity index (χ0n) is 22.9. The molecule has 0 aromatic rings. The second kappa shape index (κ2) is 8.40. The predicted octanol–water partition coefficient (Wildman–Crippen LogP) is 5.27. The fourth-order valence-electron chi connectivity index (χ4n) is 9.34. The summed E-state index contributed by atoms with van der Waals surface area (Å²) in [5.74, 6) is -1.13. The number of rotatable bonds is 6. The summed E-state index contributed by atoms with van der Waals surface area (Å²) < 4.78 is 22.6. The van der Waals surface area contributed by atoms with Crippen LogP contribution >= 0.6 is 0 Å². The number of aliphatic carboxylic acids is 2. The van der Waals surface area contributed by atoms with Gasteiger partial charge in [0.15, 0.2) is 0 Å². The molecule has 38 heavy (non-hydrogen) atoms. The Kier molecular flexibility index (Phi) is 5.69. The highest BCUT2D eigenvalue weighted by atomic mass is 17.0. The van der Waals surface area contributed by atoms with Crippen molar-refractivity contribution in [3.05, 3.63) is 0 Å². The van der Waals surface area contributed by atoms with Crippen LogP contribution in [-0.2, 0) is 28.5 Å². The maximum atomic E-state index is 12.2. The van der Waals surface area contributed by atoms with Gasteiger partial charge in [0.1, 0.15) is 0 Å². The molecule has 0 spiro atoms. The lowest BCUT2D eigenvalue weighted by molar-refractivity contribution is -0.180. The van der Waals surface area contributed by atoms with E-state index >= 15 is 0 Å². The van der Waals surface area contributed by atoms with E-state index in [0.717, 1.165) is 57.8 Å². The molecule has 0 radical (unpaired) electrons. The average Bonchev–Trinajstić information content (AvgIpc) is 3.71. The molecular weight excluding hydrogens is 488 g/mol. The van der Waals surface area contributed by atoms with Gasteiger partial charge in [-0.2, -0.15) is 0 Å². The molecule has 8 nitrogen and oxygen atoms in total. The minimum atomic E-state index is -0.689. The van der Waals surface area contributed by atoms with E-state index in [1.807, 2.05) is 13.8 Å². The van der Waals surface area contributed by atoms with Crippen LogP contribution in [0.2, 0.25) is 0 Å². The van der Waals surface area contributed by atoms with Gasteiger partial charge in [-0.05, 0) is 69.6 Å². The molecule has 4 aliphatic carbocycles. The van der Waals surface area contributed by atoms with Crippen molar-refractivity contribution < 1.29 is 38.7 Å². The largest absolute Gasteiger partial charge is 0.481 e. The lowest BCUT2D eigenvalue weighted by Gasteiger charge is -2.46. The smallest absolute Gasteiger partial charge is 0.310 e. The van der Waals surface area contributed by atoms with E-state index in [-0.39, 0.29) is 6.10 Å². The molecule has 7 unspecified atom stereocenters. The number of carbonyl (C=O) groups is 2. The van der Waals surface area contributed by atoms with E-state index in [0.29, 0.717) is 36.6 Å². The van der Waals surface area contributed by atoms with Crippen LogP contribution < -0.4 is 0 Å². The average molecular weight is 533 g/mol. The summed E-state index contributed by atoms with van der Waals surface area (Å²) in [6.07, 6.45) is 16.6. The van der Waals surface area contributed by atoms with Crippen LogP contribution in [0.1, 0.15) is 110 Å². The third-order valence-corrected chi connectivity index (χ3v) is 12.1. The van der Waals surface area contributed by atoms with Gasteiger partial charge in [0.2, 0.25) is 11.6 Å². The molecule has 212 valence electrons. The lowest BCUT2D eigenvalue weighted by Crippen LogP contribution is -2.52. The standard InChI is InChI=1S/C16H24O4.C14H20O4/c1-13(2)14(12(17)18,10-11-6-4-3-5-7-11)8-9-15-16(13,19-15)20-15;15-13(16)14(4-3-10-12(7-14)18-10)6-8-1-2-9-11(5-8)17-9/h11H,3-10H2,1-2H3,(H,17,18);8-12H,1-7H2,(H,15,16). The summed E-state index contributed by atoms with van der Waals surface area (Å²) in [4.78, 5) is 23.9. The highest BCUT2D eigenvalue weighted by Gasteiger charge is 2.99. The third-order valence-electron chi connectivity index (χ3n) is 12.1. The van der Waals surface area contributed by atoms with Crippen LogP contribution in [0.3, 0.4) is 0 Å². The van der Waals surface area contributed by atoms with Crippen LogP contribution in [0.15, 0.2) is 0 Å². The molecule has 4 saturated carbocycles. The van der Waals surface area contributed by atoms with Crippen LogP contribution in [-0.4, -0.2) is 58.1 Å². The Morgan fingerprint density at radius 3 is 2.11 bits per heavy atom. The Morgan fingerprint density at radius 1 is 0.737 bits per heavy atom. The topological polar surface area (TPSA) is 125 Å². The number of fused-ring (bicyclic) bond motifs is 2. The third kappa shape index (κ3) is 3.76. The van der Waals surface area contributed by atoms with E-state index < -0.39 is 39.8 Å². The van der Waals surface area contributed by atoms with Crippen LogP contribution in [0.5, 0.6) is 0 Å². The molecule has 4 heterocycles. The summed E-state index contributed by atoms with van der Waals surface area (Å²) in [6.45, 7) is 4.08. The summed E-state index contributed by atoms with van der Waals surface area (Å²) in [5.41, 5.74) is -1.64. The SMILES string of the molecule is CC1(C)C(CC2CCCCC2)(C(=O)O)CCC23OC21O3.O=C(O)C1(CC2CCC3OC3C2)CCC2OC2C1. The van der Waals surface area contributed by atoms with E-state index in [1.54, 1.807) is 0 Å². The number of carboxylic acid groups (broad SMARTS) is 2. The molecule has 7 atom stereocenters. The molecule has 4 aliphatic heterocycles. The normalized spacial score (nSPS) is 51.1. The van der Waals surface area contributed by atoms with Gasteiger partial charge in [0.05, 0.1) is 35.2 Å². The monoisotopic (exact) mass is 532 g/mol. The number of ether oxygens (including phenoxy) is 4. The first-order valence-electron chi connectivity index (χ1n) is 15.2. The number of hydrogen-bond donors (Lipinski definition) is 2. The van der Waals surface area contributed by atoms with Crippen molar-refractivity contribution in [3.63, 3.8) is 0 Å². The first-order chi connectivity index (χ1) is 18.1. The van der Waals surface area contributed by atoms with Crippen molar-refractivity contribution in [2.24, 2.45) is 28.1 Å². The molecule has 8 fully saturated rings. The molecule has 2 N–H and O–H groups in total. The highest BCUT2D eigenvalue weighted by Crippen LogP contribution is 2.84. The van der Waals surface area contributed by atoms with Crippen LogP contribution in [0, 0.1) is 28.1 Å². The van der Waals surface area contributed by atoms with E-state index in [4.69, 9.17) is 18.9 Å². The predicted molar refractivity (Wildman–Crippen MR) is 135 cm³/mol. The summed E-state index contributed by atoms with van der Waals surface area (Å²) in [7, 11) is 0. The number of hydrogen-bond acceptors (Lipinski definition) is 6. The fraction of sp³-hybridized carbons (Fsp3) is 0.933. The summed E-state index contributed by atoms with van der Waals surface area (Å²) >= 11 is 0. The van der Waals surface area contributed by atoms with E-state index in [2.05, 4.69) is 0 Å². The van der Waals surface area contributed by atoms with E-state index in [1.165, 1.54) is 32.1 Å². The second-order valence-electron chi connectivity index (χ2n) is 14.4. The van der Waals surface area contributed by atoms with Crippen molar-refractivity contribution in [1.29, 1.82) is 0 Å². The molecule has 0 aromatic carbocycles. The van der Waals surface area contributed by atoms with Gasteiger partial charge in [-0.3, -0.25) is 9.59 Å². The van der Waals surface area contributed by atoms with Gasteiger partial charge >= 0.3 is 11.9 Å². The van der Waals surface area contributed by atoms with Crippen molar-refractivity contribution in [3.8, 4) is 0 Å². The Labute approximate surface area is 225 Å². The Bertz CT molecular complexity index is 996. The zero-order valence-corrected chi connectivity index (χ0v) is 22.9. The van der Waals surface area contributed by atoms with Crippen LogP contribution in [0.4, 0.5) is 0 Å². The molecule has 8 aliphatic rings. The lowest BCUT2D eigenvalue weighted by atomic mass is 9.54. The van der Waals surface area contributed by atoms with Crippen molar-refractivity contribution in [1.82, 2.24) is 0 Å². The zero-order chi connectivity index (χ0) is 26.6. The molecule has 0 aromatic heterocycles. The molecule has 8 heteroatoms. The van der Waals surface area contributed by atoms with Crippen molar-refractivity contribution >= 4 is 11.9 Å².